The van der Waals surface area contributed by atoms with Crippen molar-refractivity contribution in [3.63, 3.8) is 0 Å². The van der Waals surface area contributed by atoms with Crippen molar-refractivity contribution < 1.29 is 13.9 Å². The van der Waals surface area contributed by atoms with E-state index in [1.54, 1.807) is 24.8 Å². The molecule has 0 bridgehead atoms. The lowest BCUT2D eigenvalue weighted by molar-refractivity contribution is -0.140. The van der Waals surface area contributed by atoms with Crippen LogP contribution in [0, 0.1) is 12.7 Å². The Kier molecular flexibility index (Phi) is 7.75. The molecule has 0 saturated heterocycles. The highest BCUT2D eigenvalue weighted by atomic mass is 32.2. The van der Waals surface area contributed by atoms with Crippen LogP contribution in [0.5, 0.6) is 0 Å². The number of halogens is 1. The molecule has 21 heavy (non-hydrogen) atoms. The second-order valence-electron chi connectivity index (χ2n) is 4.99. The van der Waals surface area contributed by atoms with Gasteiger partial charge in [0.1, 0.15) is 5.82 Å². The van der Waals surface area contributed by atoms with Crippen LogP contribution in [0.4, 0.5) is 4.39 Å². The summed E-state index contributed by atoms with van der Waals surface area (Å²) >= 11 is 1.57. The zero-order chi connectivity index (χ0) is 15.8. The second kappa shape index (κ2) is 9.05. The summed E-state index contributed by atoms with van der Waals surface area (Å²) in [6.07, 6.45) is 1.39. The van der Waals surface area contributed by atoms with Gasteiger partial charge in [0.2, 0.25) is 0 Å². The Morgan fingerprint density at radius 3 is 2.81 bits per heavy atom. The number of thioether (sulfide) groups is 1. The molecule has 1 atom stereocenters. The molecule has 0 aliphatic heterocycles. The fourth-order valence-corrected chi connectivity index (χ4v) is 3.10. The highest BCUT2D eigenvalue weighted by Gasteiger charge is 2.14. The lowest BCUT2D eigenvalue weighted by Crippen LogP contribution is -2.20. The molecule has 0 aromatic heterocycles. The smallest absolute Gasteiger partial charge is 0.306 e. The Hall–Kier alpha value is -1.07. The van der Waals surface area contributed by atoms with Crippen LogP contribution in [0.3, 0.4) is 0 Å². The van der Waals surface area contributed by atoms with Crippen LogP contribution in [0.15, 0.2) is 17.0 Å². The van der Waals surface area contributed by atoms with Crippen molar-refractivity contribution >= 4 is 17.7 Å². The summed E-state index contributed by atoms with van der Waals surface area (Å²) < 4.78 is 18.5. The third kappa shape index (κ3) is 5.67. The molecule has 1 unspecified atom stereocenters. The summed E-state index contributed by atoms with van der Waals surface area (Å²) in [7, 11) is 1.39. The topological polar surface area (TPSA) is 38.3 Å². The van der Waals surface area contributed by atoms with E-state index in [0.29, 0.717) is 17.7 Å². The molecule has 0 radical (unpaired) electrons. The summed E-state index contributed by atoms with van der Waals surface area (Å²) in [4.78, 5) is 12.2. The number of benzene rings is 1. The van der Waals surface area contributed by atoms with E-state index < -0.39 is 0 Å². The summed E-state index contributed by atoms with van der Waals surface area (Å²) in [5, 5.41) is 3.37. The van der Waals surface area contributed by atoms with Gasteiger partial charge in [0, 0.05) is 16.7 Å². The number of esters is 1. The standard InChI is InChI=1S/C16H24FNO2S/c1-5-7-18-12(3)13-10-14(17)11(2)9-15(13)21-8-6-16(19)20-4/h9-10,12,18H,5-8H2,1-4H3. The first-order valence-corrected chi connectivity index (χ1v) is 8.21. The Morgan fingerprint density at radius 1 is 1.48 bits per heavy atom. The Morgan fingerprint density at radius 2 is 2.19 bits per heavy atom. The van der Waals surface area contributed by atoms with Gasteiger partial charge in [-0.1, -0.05) is 6.92 Å². The SMILES string of the molecule is CCCNC(C)c1cc(F)c(C)cc1SCCC(=O)OC. The van der Waals surface area contributed by atoms with Crippen molar-refractivity contribution in [1.82, 2.24) is 5.32 Å². The van der Waals surface area contributed by atoms with Crippen LogP contribution < -0.4 is 5.32 Å². The molecule has 0 saturated carbocycles. The minimum absolute atomic E-state index is 0.0840. The molecule has 0 aliphatic rings. The van der Waals surface area contributed by atoms with Gasteiger partial charge in [-0.05, 0) is 50.1 Å². The minimum Gasteiger partial charge on any atom is -0.469 e. The summed E-state index contributed by atoms with van der Waals surface area (Å²) in [5.41, 5.74) is 1.57. The Bertz CT molecular complexity index is 480. The normalized spacial score (nSPS) is 12.2. The third-order valence-electron chi connectivity index (χ3n) is 3.25. The molecule has 1 aromatic carbocycles. The number of carbonyl (C=O) groups is 1. The molecule has 0 heterocycles. The first-order chi connectivity index (χ1) is 9.99. The van der Waals surface area contributed by atoms with E-state index in [1.807, 2.05) is 13.0 Å². The predicted molar refractivity (Wildman–Crippen MR) is 85.2 cm³/mol. The molecular formula is C16H24FNO2S. The third-order valence-corrected chi connectivity index (χ3v) is 4.32. The molecule has 0 spiro atoms. The summed E-state index contributed by atoms with van der Waals surface area (Å²) in [6.45, 7) is 6.78. The van der Waals surface area contributed by atoms with E-state index in [1.165, 1.54) is 7.11 Å². The number of carbonyl (C=O) groups excluding carboxylic acids is 1. The van der Waals surface area contributed by atoms with Crippen LogP contribution in [0.25, 0.3) is 0 Å². The number of aryl methyl sites for hydroxylation is 1. The molecule has 1 N–H and O–H groups in total. The number of hydrogen-bond acceptors (Lipinski definition) is 4. The van der Waals surface area contributed by atoms with Crippen LogP contribution >= 0.6 is 11.8 Å². The van der Waals surface area contributed by atoms with Crippen LogP contribution in [0.2, 0.25) is 0 Å². The maximum absolute atomic E-state index is 13.8. The minimum atomic E-state index is -0.222. The van der Waals surface area contributed by atoms with Gasteiger partial charge in [-0.2, -0.15) is 0 Å². The highest BCUT2D eigenvalue weighted by molar-refractivity contribution is 7.99. The van der Waals surface area contributed by atoms with E-state index in [2.05, 4.69) is 17.0 Å². The molecule has 5 heteroatoms. The first-order valence-electron chi connectivity index (χ1n) is 7.22. The zero-order valence-electron chi connectivity index (χ0n) is 13.2. The average Bonchev–Trinajstić information content (AvgIpc) is 2.47. The number of ether oxygens (including phenoxy) is 1. The lowest BCUT2D eigenvalue weighted by atomic mass is 10.1. The quantitative estimate of drug-likeness (QED) is 0.584. The highest BCUT2D eigenvalue weighted by Crippen LogP contribution is 2.30. The van der Waals surface area contributed by atoms with E-state index in [4.69, 9.17) is 0 Å². The molecule has 0 aliphatic carbocycles. The van der Waals surface area contributed by atoms with Gasteiger partial charge in [-0.25, -0.2) is 4.39 Å². The van der Waals surface area contributed by atoms with Crippen molar-refractivity contribution in [3.05, 3.63) is 29.1 Å². The van der Waals surface area contributed by atoms with Gasteiger partial charge in [0.05, 0.1) is 13.5 Å². The van der Waals surface area contributed by atoms with Gasteiger partial charge < -0.3 is 10.1 Å². The van der Waals surface area contributed by atoms with E-state index >= 15 is 0 Å². The first kappa shape index (κ1) is 18.0. The van der Waals surface area contributed by atoms with Crippen LogP contribution in [0.1, 0.15) is 43.9 Å². The molecule has 0 fully saturated rings. The zero-order valence-corrected chi connectivity index (χ0v) is 14.0. The number of methoxy groups -OCH3 is 1. The van der Waals surface area contributed by atoms with Gasteiger partial charge >= 0.3 is 5.97 Å². The molecule has 0 amide bonds. The molecule has 118 valence electrons. The van der Waals surface area contributed by atoms with Gasteiger partial charge in [0.15, 0.2) is 0 Å². The second-order valence-corrected chi connectivity index (χ2v) is 6.13. The maximum Gasteiger partial charge on any atom is 0.306 e. The van der Waals surface area contributed by atoms with Crippen molar-refractivity contribution in [2.24, 2.45) is 0 Å². The van der Waals surface area contributed by atoms with Crippen molar-refractivity contribution in [1.29, 1.82) is 0 Å². The molecule has 1 rings (SSSR count). The maximum atomic E-state index is 13.8. The molecule has 1 aromatic rings. The predicted octanol–water partition coefficient (Wildman–Crippen LogP) is 3.85. The van der Waals surface area contributed by atoms with E-state index in [9.17, 15) is 9.18 Å². The van der Waals surface area contributed by atoms with Crippen LogP contribution in [-0.2, 0) is 9.53 Å². The van der Waals surface area contributed by atoms with Crippen molar-refractivity contribution in [2.75, 3.05) is 19.4 Å². The number of nitrogens with one attached hydrogen (secondary N) is 1. The lowest BCUT2D eigenvalue weighted by Gasteiger charge is -2.18. The fourth-order valence-electron chi connectivity index (χ4n) is 1.95. The number of rotatable bonds is 8. The fraction of sp³-hybridized carbons (Fsp3) is 0.562. The van der Waals surface area contributed by atoms with Gasteiger partial charge in [-0.15, -0.1) is 11.8 Å². The summed E-state index contributed by atoms with van der Waals surface area (Å²) in [5.74, 6) is 0.220. The monoisotopic (exact) mass is 313 g/mol. The van der Waals surface area contributed by atoms with Gasteiger partial charge in [0.25, 0.3) is 0 Å². The van der Waals surface area contributed by atoms with Crippen LogP contribution in [-0.4, -0.2) is 25.4 Å². The summed E-state index contributed by atoms with van der Waals surface area (Å²) in [6, 6.07) is 3.54. The molecular weight excluding hydrogens is 289 g/mol. The van der Waals surface area contributed by atoms with Gasteiger partial charge in [-0.3, -0.25) is 4.79 Å². The van der Waals surface area contributed by atoms with E-state index in [0.717, 1.165) is 23.4 Å². The Labute approximate surface area is 130 Å². The molecule has 3 nitrogen and oxygen atoms in total. The Balaban J connectivity index is 2.84. The van der Waals surface area contributed by atoms with Crippen molar-refractivity contribution in [3.8, 4) is 0 Å². The largest absolute Gasteiger partial charge is 0.469 e. The average molecular weight is 313 g/mol. The van der Waals surface area contributed by atoms with E-state index in [-0.39, 0.29) is 17.8 Å². The van der Waals surface area contributed by atoms with Crippen molar-refractivity contribution in [2.45, 2.75) is 44.6 Å². The number of hydrogen-bond donors (Lipinski definition) is 1.